The number of unbranched alkanes of at least 4 members (excludes halogenated alkanes) is 1. The van der Waals surface area contributed by atoms with Crippen LogP contribution in [0.3, 0.4) is 0 Å². The van der Waals surface area contributed by atoms with Crippen LogP contribution in [0.4, 0.5) is 0 Å². The third kappa shape index (κ3) is 8.45. The molecule has 1 N–H and O–H groups in total. The highest BCUT2D eigenvalue weighted by Gasteiger charge is 2.19. The first-order valence-electron chi connectivity index (χ1n) is 11.8. The van der Waals surface area contributed by atoms with Crippen molar-refractivity contribution in [2.45, 2.75) is 59.2 Å². The van der Waals surface area contributed by atoms with Crippen molar-refractivity contribution in [3.63, 3.8) is 0 Å². The predicted octanol–water partition coefficient (Wildman–Crippen LogP) is 7.47. The van der Waals surface area contributed by atoms with E-state index in [2.05, 4.69) is 19.0 Å². The first kappa shape index (κ1) is 26.3. The van der Waals surface area contributed by atoms with E-state index >= 15 is 0 Å². The number of ether oxygens (including phenoxy) is 1. The molecule has 1 unspecified atom stereocenters. The Hall–Kier alpha value is -3.31. The van der Waals surface area contributed by atoms with Crippen molar-refractivity contribution in [2.75, 3.05) is 0 Å². The van der Waals surface area contributed by atoms with Crippen LogP contribution in [0.25, 0.3) is 0 Å². The van der Waals surface area contributed by atoms with Crippen molar-refractivity contribution in [1.29, 1.82) is 0 Å². The zero-order valence-corrected chi connectivity index (χ0v) is 21.2. The molecular formula is C29H32ClNO4. The molecule has 5 nitrogen and oxygen atoms in total. The van der Waals surface area contributed by atoms with Gasteiger partial charge in [0.15, 0.2) is 6.10 Å². The van der Waals surface area contributed by atoms with Gasteiger partial charge in [0.1, 0.15) is 12.4 Å². The number of aliphatic carboxylic acids is 1. The van der Waals surface area contributed by atoms with Crippen LogP contribution >= 0.6 is 11.6 Å². The topological polar surface area (TPSA) is 68.1 Å². The fraction of sp³-hybridized carbons (Fsp3) is 0.310. The summed E-state index contributed by atoms with van der Waals surface area (Å²) in [6.07, 6.45) is 2.18. The first-order valence-corrected chi connectivity index (χ1v) is 12.1. The Bertz CT molecular complexity index is 1160. The molecule has 0 aliphatic heterocycles. The van der Waals surface area contributed by atoms with E-state index < -0.39 is 12.1 Å². The molecule has 0 aliphatic rings. The van der Waals surface area contributed by atoms with E-state index in [4.69, 9.17) is 26.3 Å². The van der Waals surface area contributed by atoms with Crippen molar-refractivity contribution in [3.05, 3.63) is 99.6 Å². The molecule has 3 rings (SSSR count). The Morgan fingerprint density at radius 1 is 0.971 bits per heavy atom. The van der Waals surface area contributed by atoms with Crippen molar-refractivity contribution in [1.82, 2.24) is 0 Å². The van der Waals surface area contributed by atoms with E-state index in [9.17, 15) is 4.79 Å². The molecule has 0 radical (unpaired) electrons. The highest BCUT2D eigenvalue weighted by Crippen LogP contribution is 2.27. The summed E-state index contributed by atoms with van der Waals surface area (Å²) in [7, 11) is 0. The quantitative estimate of drug-likeness (QED) is 0.161. The maximum atomic E-state index is 10.6. The largest absolute Gasteiger partial charge is 0.481 e. The normalized spacial score (nSPS) is 12.3. The molecule has 0 spiro atoms. The summed E-state index contributed by atoms with van der Waals surface area (Å²) in [5, 5.41) is 13.7. The fourth-order valence-corrected chi connectivity index (χ4v) is 3.85. The minimum absolute atomic E-state index is 0.215. The molecule has 0 aromatic heterocycles. The summed E-state index contributed by atoms with van der Waals surface area (Å²) < 4.78 is 6.33. The van der Waals surface area contributed by atoms with E-state index in [0.717, 1.165) is 35.3 Å². The Kier molecular flexibility index (Phi) is 9.74. The van der Waals surface area contributed by atoms with Gasteiger partial charge in [-0.3, -0.25) is 4.79 Å². The highest BCUT2D eigenvalue weighted by atomic mass is 35.5. The van der Waals surface area contributed by atoms with Gasteiger partial charge in [0.05, 0.1) is 5.71 Å². The number of carboxylic acids is 1. The maximum absolute atomic E-state index is 10.6. The van der Waals surface area contributed by atoms with Crippen LogP contribution in [-0.4, -0.2) is 16.8 Å². The van der Waals surface area contributed by atoms with E-state index in [1.54, 1.807) is 0 Å². The van der Waals surface area contributed by atoms with Crippen LogP contribution in [0.15, 0.2) is 71.9 Å². The molecule has 0 bridgehead atoms. The number of hydrogen-bond donors (Lipinski definition) is 1. The molecule has 184 valence electrons. The number of rotatable bonds is 12. The van der Waals surface area contributed by atoms with Crippen molar-refractivity contribution in [2.24, 2.45) is 5.16 Å². The van der Waals surface area contributed by atoms with Crippen LogP contribution in [0.1, 0.15) is 60.1 Å². The van der Waals surface area contributed by atoms with Gasteiger partial charge >= 0.3 is 5.97 Å². The second-order valence-corrected chi connectivity index (χ2v) is 9.16. The Morgan fingerprint density at radius 2 is 1.71 bits per heavy atom. The van der Waals surface area contributed by atoms with Gasteiger partial charge in [0.2, 0.25) is 0 Å². The molecule has 0 aliphatic carbocycles. The van der Waals surface area contributed by atoms with Crippen LogP contribution in [0.2, 0.25) is 5.02 Å². The monoisotopic (exact) mass is 493 g/mol. The third-order valence-corrected chi connectivity index (χ3v) is 6.07. The number of carbonyl (C=O) groups is 1. The van der Waals surface area contributed by atoms with Gasteiger partial charge in [0.25, 0.3) is 0 Å². The van der Waals surface area contributed by atoms with Crippen LogP contribution < -0.4 is 4.74 Å². The summed E-state index contributed by atoms with van der Waals surface area (Å²) in [4.78, 5) is 16.3. The van der Waals surface area contributed by atoms with Gasteiger partial charge in [-0.1, -0.05) is 59.2 Å². The number of benzene rings is 3. The number of hydrogen-bond acceptors (Lipinski definition) is 4. The zero-order valence-electron chi connectivity index (χ0n) is 20.5. The molecule has 1 atom stereocenters. The van der Waals surface area contributed by atoms with E-state index in [0.29, 0.717) is 23.8 Å². The molecule has 0 saturated heterocycles. The fourth-order valence-electron chi connectivity index (χ4n) is 3.65. The number of halogens is 1. The number of oxime groups is 1. The smallest absolute Gasteiger partial charge is 0.303 e. The summed E-state index contributed by atoms with van der Waals surface area (Å²) in [6, 6.07) is 21.7. The lowest BCUT2D eigenvalue weighted by molar-refractivity contribution is -0.137. The number of carboxylic acid groups (broad SMARTS) is 1. The molecule has 0 amide bonds. The average molecular weight is 494 g/mol. The molecule has 3 aromatic carbocycles. The SMILES string of the molecule is C/C(=N\OCc1ccc(CCCCC(=O)O)cc1)C(Oc1ccc(C)c(C)c1)c1cccc(Cl)c1. The minimum atomic E-state index is -0.745. The van der Waals surface area contributed by atoms with Gasteiger partial charge in [-0.25, -0.2) is 0 Å². The highest BCUT2D eigenvalue weighted by molar-refractivity contribution is 6.30. The van der Waals surface area contributed by atoms with Gasteiger partial charge in [-0.15, -0.1) is 0 Å². The molecule has 0 saturated carbocycles. The standard InChI is InChI=1S/C29H32ClNO4/c1-20-11-16-27(17-21(20)2)35-29(25-8-6-9-26(30)18-25)22(3)31-34-19-24-14-12-23(13-15-24)7-4-5-10-28(32)33/h6,8-9,11-18,29H,4-5,7,10,19H2,1-3H3,(H,32,33)/b31-22+. The molecular weight excluding hydrogens is 462 g/mol. The van der Waals surface area contributed by atoms with Crippen LogP contribution in [-0.2, 0) is 22.7 Å². The molecule has 6 heteroatoms. The van der Waals surface area contributed by atoms with Crippen LogP contribution in [0, 0.1) is 13.8 Å². The lowest BCUT2D eigenvalue weighted by Gasteiger charge is -2.20. The molecule has 3 aromatic rings. The Balaban J connectivity index is 1.64. The van der Waals surface area contributed by atoms with E-state index in [-0.39, 0.29) is 6.42 Å². The maximum Gasteiger partial charge on any atom is 0.303 e. The molecule has 0 fully saturated rings. The van der Waals surface area contributed by atoms with Crippen molar-refractivity contribution < 1.29 is 19.5 Å². The Labute approximate surface area is 212 Å². The third-order valence-electron chi connectivity index (χ3n) is 5.83. The Morgan fingerprint density at radius 3 is 2.40 bits per heavy atom. The van der Waals surface area contributed by atoms with Gasteiger partial charge < -0.3 is 14.7 Å². The molecule has 35 heavy (non-hydrogen) atoms. The lowest BCUT2D eigenvalue weighted by Crippen LogP contribution is -2.17. The first-order chi connectivity index (χ1) is 16.8. The molecule has 0 heterocycles. The van der Waals surface area contributed by atoms with Gasteiger partial charge in [-0.05, 0) is 92.1 Å². The van der Waals surface area contributed by atoms with Crippen molar-refractivity contribution >= 4 is 23.3 Å². The average Bonchev–Trinajstić information content (AvgIpc) is 2.83. The minimum Gasteiger partial charge on any atom is -0.481 e. The van der Waals surface area contributed by atoms with E-state index in [1.165, 1.54) is 11.1 Å². The lowest BCUT2D eigenvalue weighted by atomic mass is 10.1. The summed E-state index contributed by atoms with van der Waals surface area (Å²) in [5.74, 6) is 0.0110. The van der Waals surface area contributed by atoms with E-state index in [1.807, 2.05) is 73.7 Å². The van der Waals surface area contributed by atoms with Gasteiger partial charge in [-0.2, -0.15) is 0 Å². The second-order valence-electron chi connectivity index (χ2n) is 8.72. The summed E-state index contributed by atoms with van der Waals surface area (Å²) in [6.45, 7) is 6.34. The summed E-state index contributed by atoms with van der Waals surface area (Å²) >= 11 is 6.24. The summed E-state index contributed by atoms with van der Waals surface area (Å²) in [5.41, 5.74) is 6.13. The van der Waals surface area contributed by atoms with Crippen LogP contribution in [0.5, 0.6) is 5.75 Å². The van der Waals surface area contributed by atoms with Crippen molar-refractivity contribution in [3.8, 4) is 5.75 Å². The predicted molar refractivity (Wildman–Crippen MR) is 140 cm³/mol. The van der Waals surface area contributed by atoms with Gasteiger partial charge in [0, 0.05) is 11.4 Å². The number of aryl methyl sites for hydroxylation is 3. The second kappa shape index (κ2) is 13.0. The zero-order chi connectivity index (χ0) is 25.2. The number of nitrogens with zero attached hydrogens (tertiary/aromatic N) is 1.